The number of nitrogens with zero attached hydrogens (tertiary/aromatic N) is 5. The van der Waals surface area contributed by atoms with Crippen molar-refractivity contribution >= 4 is 0 Å². The maximum atomic E-state index is 14.7. The summed E-state index contributed by atoms with van der Waals surface area (Å²) in [7, 11) is 0. The van der Waals surface area contributed by atoms with Gasteiger partial charge in [0, 0.05) is 17.5 Å². The Morgan fingerprint density at radius 1 is 1.19 bits per heavy atom. The number of aromatic nitrogens is 5. The van der Waals surface area contributed by atoms with Gasteiger partial charge in [-0.2, -0.15) is 5.10 Å². The topological polar surface area (TPSA) is 76.7 Å². The summed E-state index contributed by atoms with van der Waals surface area (Å²) in [5.74, 6) is -3.10. The highest BCUT2D eigenvalue weighted by Crippen LogP contribution is 2.40. The number of hydrogen-bond acceptors (Lipinski definition) is 5. The molecule has 0 radical (unpaired) electrons. The Morgan fingerprint density at radius 3 is 2.56 bits per heavy atom. The molecule has 2 atom stereocenters. The van der Waals surface area contributed by atoms with Gasteiger partial charge in [0.2, 0.25) is 0 Å². The number of benzene rings is 1. The van der Waals surface area contributed by atoms with Crippen molar-refractivity contribution in [1.82, 2.24) is 24.7 Å². The SMILES string of the molecule is Cc1nc(C)c(F)c([C@@H](C)[C@@](O)(Cn2cncn2)c2ccc(F)cc2F)n1. The standard InChI is InChI=1S/C18H18F3N5O/c1-10(17-16(21)11(2)24-12(3)25-17)18(27,7-26-9-22-8-23-26)14-5-4-13(19)6-15(14)20/h4-6,8-10,27H,7H2,1-3H3/t10-,18+/m1/s1. The van der Waals surface area contributed by atoms with Crippen LogP contribution in [0.3, 0.4) is 0 Å². The summed E-state index contributed by atoms with van der Waals surface area (Å²) < 4.78 is 43.9. The number of halogens is 3. The second-order valence-electron chi connectivity index (χ2n) is 6.42. The van der Waals surface area contributed by atoms with Crippen LogP contribution in [-0.2, 0) is 12.1 Å². The van der Waals surface area contributed by atoms with E-state index in [9.17, 15) is 18.3 Å². The van der Waals surface area contributed by atoms with Crippen LogP contribution < -0.4 is 0 Å². The average molecular weight is 377 g/mol. The average Bonchev–Trinajstić information content (AvgIpc) is 3.10. The normalized spacial score (nSPS) is 14.8. The Bertz CT molecular complexity index is 964. The molecule has 6 nitrogen and oxygen atoms in total. The first-order chi connectivity index (χ1) is 12.7. The Morgan fingerprint density at radius 2 is 1.93 bits per heavy atom. The van der Waals surface area contributed by atoms with Crippen LogP contribution >= 0.6 is 0 Å². The van der Waals surface area contributed by atoms with Gasteiger partial charge >= 0.3 is 0 Å². The highest BCUT2D eigenvalue weighted by molar-refractivity contribution is 5.31. The van der Waals surface area contributed by atoms with Crippen LogP contribution in [0.2, 0.25) is 0 Å². The third-order valence-electron chi connectivity index (χ3n) is 4.55. The van der Waals surface area contributed by atoms with Gasteiger partial charge in [0.15, 0.2) is 5.82 Å². The molecule has 2 heterocycles. The third kappa shape index (κ3) is 3.55. The maximum absolute atomic E-state index is 14.7. The van der Waals surface area contributed by atoms with Crippen molar-refractivity contribution in [2.24, 2.45) is 0 Å². The summed E-state index contributed by atoms with van der Waals surface area (Å²) in [4.78, 5) is 11.9. The number of aryl methyl sites for hydroxylation is 2. The van der Waals surface area contributed by atoms with Crippen LogP contribution in [0.4, 0.5) is 13.2 Å². The van der Waals surface area contributed by atoms with E-state index in [1.165, 1.54) is 31.2 Å². The summed E-state index contributed by atoms with van der Waals surface area (Å²) in [6, 6.07) is 2.84. The molecule has 0 bridgehead atoms. The lowest BCUT2D eigenvalue weighted by Crippen LogP contribution is -2.39. The predicted octanol–water partition coefficient (Wildman–Crippen LogP) is 2.79. The summed E-state index contributed by atoms with van der Waals surface area (Å²) in [5, 5.41) is 15.4. The van der Waals surface area contributed by atoms with Crippen molar-refractivity contribution in [3.05, 3.63) is 71.1 Å². The minimum atomic E-state index is -1.97. The van der Waals surface area contributed by atoms with Crippen LogP contribution in [0.15, 0.2) is 30.9 Å². The van der Waals surface area contributed by atoms with Gasteiger partial charge in [-0.3, -0.25) is 0 Å². The monoisotopic (exact) mass is 377 g/mol. The van der Waals surface area contributed by atoms with E-state index in [1.807, 2.05) is 0 Å². The Labute approximate surface area is 153 Å². The lowest BCUT2D eigenvalue weighted by molar-refractivity contribution is -0.0134. The van der Waals surface area contributed by atoms with Gasteiger partial charge in [0.05, 0.1) is 17.9 Å². The van der Waals surface area contributed by atoms with Crippen LogP contribution in [0.25, 0.3) is 0 Å². The van der Waals surface area contributed by atoms with Gasteiger partial charge in [-0.25, -0.2) is 32.8 Å². The lowest BCUT2D eigenvalue weighted by Gasteiger charge is -2.34. The summed E-state index contributed by atoms with van der Waals surface area (Å²) in [6.45, 7) is 4.36. The van der Waals surface area contributed by atoms with E-state index in [2.05, 4.69) is 20.1 Å². The van der Waals surface area contributed by atoms with Gasteiger partial charge in [-0.05, 0) is 19.9 Å². The van der Waals surface area contributed by atoms with E-state index in [0.29, 0.717) is 11.9 Å². The summed E-state index contributed by atoms with van der Waals surface area (Å²) in [5.41, 5.74) is -2.11. The van der Waals surface area contributed by atoms with Crippen molar-refractivity contribution in [3.63, 3.8) is 0 Å². The molecule has 9 heteroatoms. The van der Waals surface area contributed by atoms with E-state index in [4.69, 9.17) is 0 Å². The molecule has 142 valence electrons. The predicted molar refractivity (Wildman–Crippen MR) is 90.2 cm³/mol. The molecular weight excluding hydrogens is 359 g/mol. The van der Waals surface area contributed by atoms with Gasteiger partial charge in [0.25, 0.3) is 0 Å². The molecule has 0 spiro atoms. The maximum Gasteiger partial charge on any atom is 0.166 e. The fourth-order valence-electron chi connectivity index (χ4n) is 3.10. The number of aliphatic hydroxyl groups is 1. The molecule has 0 saturated heterocycles. The highest BCUT2D eigenvalue weighted by atomic mass is 19.1. The molecule has 0 saturated carbocycles. The Balaban J connectivity index is 2.17. The zero-order valence-electron chi connectivity index (χ0n) is 15.0. The molecule has 0 amide bonds. The number of hydrogen-bond donors (Lipinski definition) is 1. The molecule has 0 fully saturated rings. The van der Waals surface area contributed by atoms with Crippen molar-refractivity contribution in [1.29, 1.82) is 0 Å². The molecule has 0 aliphatic heterocycles. The zero-order valence-corrected chi connectivity index (χ0v) is 15.0. The van der Waals surface area contributed by atoms with Gasteiger partial charge in [-0.1, -0.05) is 13.0 Å². The fourth-order valence-corrected chi connectivity index (χ4v) is 3.10. The molecule has 0 aliphatic carbocycles. The Kier molecular flexibility index (Phi) is 4.97. The molecule has 0 aliphatic rings. The van der Waals surface area contributed by atoms with Gasteiger partial charge < -0.3 is 5.11 Å². The molecular formula is C18H18F3N5O. The lowest BCUT2D eigenvalue weighted by atomic mass is 9.79. The highest BCUT2D eigenvalue weighted by Gasteiger charge is 2.42. The first kappa shape index (κ1) is 19.0. The van der Waals surface area contributed by atoms with E-state index in [-0.39, 0.29) is 23.5 Å². The van der Waals surface area contributed by atoms with Crippen molar-refractivity contribution in [2.45, 2.75) is 38.8 Å². The van der Waals surface area contributed by atoms with E-state index in [0.717, 1.165) is 12.1 Å². The summed E-state index contributed by atoms with van der Waals surface area (Å²) in [6.07, 6.45) is 2.59. The minimum Gasteiger partial charge on any atom is -0.382 e. The molecule has 1 aromatic carbocycles. The smallest absolute Gasteiger partial charge is 0.166 e. The second kappa shape index (κ2) is 7.07. The molecule has 3 rings (SSSR count). The Hall–Kier alpha value is -2.81. The fraction of sp³-hybridized carbons (Fsp3) is 0.333. The third-order valence-corrected chi connectivity index (χ3v) is 4.55. The van der Waals surface area contributed by atoms with Crippen molar-refractivity contribution in [3.8, 4) is 0 Å². The quantitative estimate of drug-likeness (QED) is 0.740. The van der Waals surface area contributed by atoms with Gasteiger partial charge in [0.1, 0.15) is 35.7 Å². The molecule has 3 aromatic rings. The van der Waals surface area contributed by atoms with E-state index in [1.54, 1.807) is 6.92 Å². The van der Waals surface area contributed by atoms with Gasteiger partial charge in [-0.15, -0.1) is 0 Å². The van der Waals surface area contributed by atoms with Crippen LogP contribution in [0.5, 0.6) is 0 Å². The first-order valence-electron chi connectivity index (χ1n) is 8.23. The zero-order chi connectivity index (χ0) is 19.8. The van der Waals surface area contributed by atoms with E-state index >= 15 is 0 Å². The van der Waals surface area contributed by atoms with Crippen LogP contribution in [-0.4, -0.2) is 29.8 Å². The van der Waals surface area contributed by atoms with Crippen LogP contribution in [0, 0.1) is 31.3 Å². The number of rotatable bonds is 5. The molecule has 1 N–H and O–H groups in total. The molecule has 2 aromatic heterocycles. The summed E-state index contributed by atoms with van der Waals surface area (Å²) >= 11 is 0. The largest absolute Gasteiger partial charge is 0.382 e. The minimum absolute atomic E-state index is 0.0636. The van der Waals surface area contributed by atoms with Crippen molar-refractivity contribution < 1.29 is 18.3 Å². The first-order valence-corrected chi connectivity index (χ1v) is 8.23. The molecule has 0 unspecified atom stereocenters. The molecule has 27 heavy (non-hydrogen) atoms. The van der Waals surface area contributed by atoms with Crippen molar-refractivity contribution in [2.75, 3.05) is 0 Å². The van der Waals surface area contributed by atoms with E-state index < -0.39 is 29.0 Å². The second-order valence-corrected chi connectivity index (χ2v) is 6.42. The van der Waals surface area contributed by atoms with Crippen LogP contribution in [0.1, 0.15) is 35.6 Å².